The standard InChI is InChI=1S/C10H14N2OS.ClH/c13-10(9-4-2-6-14-9)12-8-3-1-5-11-7-8;/h2,4,6,8,11H,1,3,5,7H2,(H,12,13);1H. The predicted molar refractivity (Wildman–Crippen MR) is 64.9 cm³/mol. The summed E-state index contributed by atoms with van der Waals surface area (Å²) < 4.78 is 0. The fourth-order valence-corrected chi connectivity index (χ4v) is 2.27. The van der Waals surface area contributed by atoms with E-state index in [4.69, 9.17) is 0 Å². The fourth-order valence-electron chi connectivity index (χ4n) is 1.64. The molecule has 1 aliphatic rings. The van der Waals surface area contributed by atoms with E-state index in [1.165, 1.54) is 11.3 Å². The summed E-state index contributed by atoms with van der Waals surface area (Å²) in [5, 5.41) is 8.23. The Hall–Kier alpha value is -0.580. The van der Waals surface area contributed by atoms with Crippen molar-refractivity contribution >= 4 is 29.7 Å². The molecule has 2 rings (SSSR count). The number of piperidine rings is 1. The number of halogens is 1. The Bertz CT molecular complexity index is 296. The first-order valence-electron chi connectivity index (χ1n) is 4.91. The predicted octanol–water partition coefficient (Wildman–Crippen LogP) is 1.65. The molecule has 0 bridgehead atoms. The number of nitrogens with one attached hydrogen (secondary N) is 2. The van der Waals surface area contributed by atoms with E-state index < -0.39 is 0 Å². The van der Waals surface area contributed by atoms with Gasteiger partial charge in [-0.05, 0) is 30.8 Å². The van der Waals surface area contributed by atoms with Gasteiger partial charge in [-0.15, -0.1) is 23.7 Å². The summed E-state index contributed by atoms with van der Waals surface area (Å²) in [6.07, 6.45) is 2.24. The summed E-state index contributed by atoms with van der Waals surface area (Å²) in [6, 6.07) is 4.06. The maximum atomic E-state index is 11.6. The highest BCUT2D eigenvalue weighted by Gasteiger charge is 2.16. The molecule has 84 valence electrons. The number of rotatable bonds is 2. The van der Waals surface area contributed by atoms with Crippen molar-refractivity contribution in [1.82, 2.24) is 10.6 Å². The van der Waals surface area contributed by atoms with Gasteiger partial charge in [0, 0.05) is 12.6 Å². The van der Waals surface area contributed by atoms with Crippen molar-refractivity contribution in [3.05, 3.63) is 22.4 Å². The van der Waals surface area contributed by atoms with Crippen molar-refractivity contribution in [3.63, 3.8) is 0 Å². The van der Waals surface area contributed by atoms with Crippen LogP contribution >= 0.6 is 23.7 Å². The van der Waals surface area contributed by atoms with E-state index in [0.717, 1.165) is 30.8 Å². The first-order chi connectivity index (χ1) is 6.86. The SMILES string of the molecule is Cl.O=C(NC1CCCNC1)c1cccs1. The largest absolute Gasteiger partial charge is 0.347 e. The topological polar surface area (TPSA) is 41.1 Å². The number of thiophene rings is 1. The van der Waals surface area contributed by atoms with Crippen molar-refractivity contribution < 1.29 is 4.79 Å². The highest BCUT2D eigenvalue weighted by Crippen LogP contribution is 2.09. The monoisotopic (exact) mass is 246 g/mol. The molecule has 3 nitrogen and oxygen atoms in total. The average molecular weight is 247 g/mol. The highest BCUT2D eigenvalue weighted by atomic mass is 35.5. The summed E-state index contributed by atoms with van der Waals surface area (Å²) in [5.74, 6) is 0.0636. The summed E-state index contributed by atoms with van der Waals surface area (Å²) in [5.41, 5.74) is 0. The average Bonchev–Trinajstić information content (AvgIpc) is 2.72. The van der Waals surface area contributed by atoms with Crippen molar-refractivity contribution in [2.24, 2.45) is 0 Å². The second kappa shape index (κ2) is 6.10. The van der Waals surface area contributed by atoms with E-state index in [1.807, 2.05) is 17.5 Å². The number of hydrogen-bond acceptors (Lipinski definition) is 3. The van der Waals surface area contributed by atoms with Gasteiger partial charge < -0.3 is 10.6 Å². The molecule has 2 N–H and O–H groups in total. The van der Waals surface area contributed by atoms with Gasteiger partial charge in [-0.2, -0.15) is 0 Å². The zero-order valence-corrected chi connectivity index (χ0v) is 10.00. The van der Waals surface area contributed by atoms with Crippen LogP contribution in [0.25, 0.3) is 0 Å². The number of carbonyl (C=O) groups excluding carboxylic acids is 1. The Morgan fingerprint density at radius 1 is 1.60 bits per heavy atom. The molecule has 0 aromatic carbocycles. The van der Waals surface area contributed by atoms with Crippen molar-refractivity contribution in [3.8, 4) is 0 Å². The van der Waals surface area contributed by atoms with Crippen LogP contribution in [0, 0.1) is 0 Å². The maximum absolute atomic E-state index is 11.6. The smallest absolute Gasteiger partial charge is 0.261 e. The van der Waals surface area contributed by atoms with Gasteiger partial charge in [0.1, 0.15) is 0 Å². The Balaban J connectivity index is 0.00000112. The van der Waals surface area contributed by atoms with E-state index in [2.05, 4.69) is 10.6 Å². The third kappa shape index (κ3) is 3.48. The molecule has 1 aromatic rings. The molecular weight excluding hydrogens is 232 g/mol. The van der Waals surface area contributed by atoms with Crippen LogP contribution in [0.2, 0.25) is 0 Å². The summed E-state index contributed by atoms with van der Waals surface area (Å²) in [7, 11) is 0. The van der Waals surface area contributed by atoms with Crippen molar-refractivity contribution in [2.45, 2.75) is 18.9 Å². The summed E-state index contributed by atoms with van der Waals surface area (Å²) in [4.78, 5) is 12.4. The normalized spacial score (nSPS) is 20.4. The van der Waals surface area contributed by atoms with Crippen molar-refractivity contribution in [2.75, 3.05) is 13.1 Å². The minimum Gasteiger partial charge on any atom is -0.347 e. The first kappa shape index (κ1) is 12.5. The molecule has 1 atom stereocenters. The van der Waals surface area contributed by atoms with E-state index in [1.54, 1.807) is 0 Å². The maximum Gasteiger partial charge on any atom is 0.261 e. The fraction of sp³-hybridized carbons (Fsp3) is 0.500. The second-order valence-corrected chi connectivity index (χ2v) is 4.44. The first-order valence-corrected chi connectivity index (χ1v) is 5.79. The molecule has 1 fully saturated rings. The van der Waals surface area contributed by atoms with E-state index in [0.29, 0.717) is 6.04 Å². The van der Waals surface area contributed by atoms with Gasteiger partial charge in [0.05, 0.1) is 4.88 Å². The molecule has 1 aliphatic heterocycles. The van der Waals surface area contributed by atoms with Crippen LogP contribution in [0.3, 0.4) is 0 Å². The lowest BCUT2D eigenvalue weighted by atomic mass is 10.1. The van der Waals surface area contributed by atoms with Gasteiger partial charge in [0.25, 0.3) is 5.91 Å². The van der Waals surface area contributed by atoms with Gasteiger partial charge in [-0.1, -0.05) is 6.07 Å². The Morgan fingerprint density at radius 3 is 3.07 bits per heavy atom. The van der Waals surface area contributed by atoms with E-state index >= 15 is 0 Å². The zero-order chi connectivity index (χ0) is 9.80. The molecule has 0 radical (unpaired) electrons. The summed E-state index contributed by atoms with van der Waals surface area (Å²) >= 11 is 1.49. The van der Waals surface area contributed by atoms with E-state index in [-0.39, 0.29) is 18.3 Å². The molecule has 5 heteroatoms. The zero-order valence-electron chi connectivity index (χ0n) is 8.36. The van der Waals surface area contributed by atoms with Crippen LogP contribution in [-0.4, -0.2) is 25.0 Å². The van der Waals surface area contributed by atoms with Gasteiger partial charge in [0.2, 0.25) is 0 Å². The van der Waals surface area contributed by atoms with Crippen molar-refractivity contribution in [1.29, 1.82) is 0 Å². The lowest BCUT2D eigenvalue weighted by Gasteiger charge is -2.23. The van der Waals surface area contributed by atoms with Gasteiger partial charge in [0.15, 0.2) is 0 Å². The lowest BCUT2D eigenvalue weighted by molar-refractivity contribution is 0.0935. The second-order valence-electron chi connectivity index (χ2n) is 3.49. The van der Waals surface area contributed by atoms with Crippen LogP contribution in [0.15, 0.2) is 17.5 Å². The molecule has 1 saturated heterocycles. The Kier molecular flexibility index (Phi) is 5.08. The van der Waals surface area contributed by atoms with E-state index in [9.17, 15) is 4.79 Å². The van der Waals surface area contributed by atoms with Crippen LogP contribution in [0.4, 0.5) is 0 Å². The third-order valence-corrected chi connectivity index (χ3v) is 3.25. The third-order valence-electron chi connectivity index (χ3n) is 2.38. The highest BCUT2D eigenvalue weighted by molar-refractivity contribution is 7.12. The number of amides is 1. The molecular formula is C10H15ClN2OS. The minimum atomic E-state index is 0. The molecule has 0 spiro atoms. The lowest BCUT2D eigenvalue weighted by Crippen LogP contribution is -2.45. The van der Waals surface area contributed by atoms with Gasteiger partial charge >= 0.3 is 0 Å². The van der Waals surface area contributed by atoms with Crippen LogP contribution in [-0.2, 0) is 0 Å². The molecule has 0 saturated carbocycles. The van der Waals surface area contributed by atoms with Crippen LogP contribution in [0.1, 0.15) is 22.5 Å². The van der Waals surface area contributed by atoms with Gasteiger partial charge in [-0.25, -0.2) is 0 Å². The molecule has 0 aliphatic carbocycles. The quantitative estimate of drug-likeness (QED) is 0.833. The van der Waals surface area contributed by atoms with Gasteiger partial charge in [-0.3, -0.25) is 4.79 Å². The number of carbonyl (C=O) groups is 1. The minimum absolute atomic E-state index is 0. The van der Waals surface area contributed by atoms with Crippen LogP contribution < -0.4 is 10.6 Å². The Labute approximate surface area is 99.7 Å². The molecule has 2 heterocycles. The summed E-state index contributed by atoms with van der Waals surface area (Å²) in [6.45, 7) is 1.97. The Morgan fingerprint density at radius 2 is 2.47 bits per heavy atom. The molecule has 1 amide bonds. The number of hydrogen-bond donors (Lipinski definition) is 2. The molecule has 15 heavy (non-hydrogen) atoms. The molecule has 1 aromatic heterocycles. The molecule has 1 unspecified atom stereocenters. The van der Waals surface area contributed by atoms with Crippen LogP contribution in [0.5, 0.6) is 0 Å².